The van der Waals surface area contributed by atoms with Crippen LogP contribution in [0.4, 0.5) is 16.2 Å². The standard InChI is InChI=1S/C22H23N3O2/c1-15-8-9-17(12-16(15)2)14-24-22(26)25-21-13-19(10-11-20(21)23)27-18-6-4-3-5-7-18/h3-13H,14,23H2,1-2H3,(H2,24,25,26). The Hall–Kier alpha value is -3.47. The van der Waals surface area contributed by atoms with Crippen LogP contribution in [-0.4, -0.2) is 6.03 Å². The van der Waals surface area contributed by atoms with Crippen molar-refractivity contribution < 1.29 is 9.53 Å². The molecule has 0 aliphatic carbocycles. The Balaban J connectivity index is 1.62. The third kappa shape index (κ3) is 5.01. The van der Waals surface area contributed by atoms with Crippen LogP contribution in [0.1, 0.15) is 16.7 Å². The number of hydrogen-bond acceptors (Lipinski definition) is 3. The Morgan fingerprint density at radius 2 is 1.70 bits per heavy atom. The lowest BCUT2D eigenvalue weighted by molar-refractivity contribution is 0.251. The number of rotatable bonds is 5. The number of carbonyl (C=O) groups is 1. The van der Waals surface area contributed by atoms with Crippen molar-refractivity contribution in [3.8, 4) is 11.5 Å². The van der Waals surface area contributed by atoms with E-state index in [2.05, 4.69) is 30.5 Å². The highest BCUT2D eigenvalue weighted by atomic mass is 16.5. The van der Waals surface area contributed by atoms with E-state index >= 15 is 0 Å². The number of nitrogen functional groups attached to an aromatic ring is 1. The largest absolute Gasteiger partial charge is 0.457 e. The molecular formula is C22H23N3O2. The maximum atomic E-state index is 12.2. The minimum Gasteiger partial charge on any atom is -0.457 e. The van der Waals surface area contributed by atoms with Gasteiger partial charge < -0.3 is 21.1 Å². The van der Waals surface area contributed by atoms with Crippen LogP contribution >= 0.6 is 0 Å². The molecule has 5 nitrogen and oxygen atoms in total. The van der Waals surface area contributed by atoms with Crippen molar-refractivity contribution in [1.82, 2.24) is 5.32 Å². The molecule has 0 aliphatic rings. The van der Waals surface area contributed by atoms with E-state index in [0.29, 0.717) is 29.4 Å². The van der Waals surface area contributed by atoms with Gasteiger partial charge in [0.05, 0.1) is 11.4 Å². The molecule has 4 N–H and O–H groups in total. The van der Waals surface area contributed by atoms with E-state index in [0.717, 1.165) is 5.56 Å². The van der Waals surface area contributed by atoms with Crippen LogP contribution < -0.4 is 21.1 Å². The predicted molar refractivity (Wildman–Crippen MR) is 109 cm³/mol. The number of para-hydroxylation sites is 1. The molecule has 0 heterocycles. The molecule has 0 bridgehead atoms. The highest BCUT2D eigenvalue weighted by molar-refractivity contribution is 5.92. The summed E-state index contributed by atoms with van der Waals surface area (Å²) in [6, 6.07) is 20.4. The number of benzene rings is 3. The van der Waals surface area contributed by atoms with Gasteiger partial charge in [-0.05, 0) is 54.8 Å². The van der Waals surface area contributed by atoms with Gasteiger partial charge in [-0.15, -0.1) is 0 Å². The second kappa shape index (κ2) is 8.27. The van der Waals surface area contributed by atoms with E-state index in [9.17, 15) is 4.79 Å². The van der Waals surface area contributed by atoms with Gasteiger partial charge in [0.25, 0.3) is 0 Å². The zero-order valence-corrected chi connectivity index (χ0v) is 15.5. The van der Waals surface area contributed by atoms with Crippen molar-refractivity contribution in [2.24, 2.45) is 0 Å². The molecule has 138 valence electrons. The first-order chi connectivity index (χ1) is 13.0. The highest BCUT2D eigenvalue weighted by Crippen LogP contribution is 2.28. The minimum atomic E-state index is -0.322. The molecule has 0 radical (unpaired) electrons. The van der Waals surface area contributed by atoms with Crippen LogP contribution in [0.2, 0.25) is 0 Å². The molecule has 0 saturated heterocycles. The summed E-state index contributed by atoms with van der Waals surface area (Å²) in [4.78, 5) is 12.2. The number of ether oxygens (including phenoxy) is 1. The Morgan fingerprint density at radius 1 is 0.926 bits per heavy atom. The van der Waals surface area contributed by atoms with Gasteiger partial charge in [0, 0.05) is 12.6 Å². The number of nitrogens with two attached hydrogens (primary N) is 1. The molecule has 3 aromatic rings. The van der Waals surface area contributed by atoms with Gasteiger partial charge in [0.15, 0.2) is 0 Å². The topological polar surface area (TPSA) is 76.4 Å². The number of anilines is 2. The van der Waals surface area contributed by atoms with E-state index in [1.165, 1.54) is 11.1 Å². The first kappa shape index (κ1) is 18.3. The second-order valence-electron chi connectivity index (χ2n) is 6.39. The van der Waals surface area contributed by atoms with E-state index in [1.54, 1.807) is 18.2 Å². The Bertz CT molecular complexity index is 940. The van der Waals surface area contributed by atoms with Crippen molar-refractivity contribution in [2.75, 3.05) is 11.1 Å². The normalized spacial score (nSPS) is 10.3. The number of hydrogen-bond donors (Lipinski definition) is 3. The van der Waals surface area contributed by atoms with Crippen molar-refractivity contribution in [2.45, 2.75) is 20.4 Å². The first-order valence-electron chi connectivity index (χ1n) is 8.74. The molecule has 2 amide bonds. The van der Waals surface area contributed by atoms with E-state index < -0.39 is 0 Å². The highest BCUT2D eigenvalue weighted by Gasteiger charge is 2.08. The fraction of sp³-hybridized carbons (Fsp3) is 0.136. The third-order valence-electron chi connectivity index (χ3n) is 4.28. The van der Waals surface area contributed by atoms with Crippen LogP contribution in [0.3, 0.4) is 0 Å². The van der Waals surface area contributed by atoms with Crippen molar-refractivity contribution in [3.63, 3.8) is 0 Å². The summed E-state index contributed by atoms with van der Waals surface area (Å²) >= 11 is 0. The molecule has 0 aromatic heterocycles. The molecule has 5 heteroatoms. The smallest absolute Gasteiger partial charge is 0.319 e. The zero-order valence-electron chi connectivity index (χ0n) is 15.5. The Kier molecular flexibility index (Phi) is 5.61. The van der Waals surface area contributed by atoms with Crippen molar-refractivity contribution in [3.05, 3.63) is 83.4 Å². The number of amides is 2. The van der Waals surface area contributed by atoms with Gasteiger partial charge in [-0.1, -0.05) is 36.4 Å². The minimum absolute atomic E-state index is 0.322. The summed E-state index contributed by atoms with van der Waals surface area (Å²) in [5.74, 6) is 1.31. The molecule has 0 fully saturated rings. The quantitative estimate of drug-likeness (QED) is 0.560. The third-order valence-corrected chi connectivity index (χ3v) is 4.28. The lowest BCUT2D eigenvalue weighted by Gasteiger charge is -2.12. The monoisotopic (exact) mass is 361 g/mol. The van der Waals surface area contributed by atoms with E-state index in [-0.39, 0.29) is 6.03 Å². The van der Waals surface area contributed by atoms with Gasteiger partial charge in [-0.3, -0.25) is 0 Å². The van der Waals surface area contributed by atoms with E-state index in [4.69, 9.17) is 10.5 Å². The molecule has 0 spiro atoms. The molecule has 0 aliphatic heterocycles. The predicted octanol–water partition coefficient (Wildman–Crippen LogP) is 5.00. The summed E-state index contributed by atoms with van der Waals surface area (Å²) in [6.45, 7) is 4.55. The van der Waals surface area contributed by atoms with Gasteiger partial charge in [0.1, 0.15) is 11.5 Å². The molecule has 3 aromatic carbocycles. The van der Waals surface area contributed by atoms with Crippen molar-refractivity contribution >= 4 is 17.4 Å². The summed E-state index contributed by atoms with van der Waals surface area (Å²) in [5, 5.41) is 5.62. The molecular weight excluding hydrogens is 338 g/mol. The lowest BCUT2D eigenvalue weighted by atomic mass is 10.1. The zero-order chi connectivity index (χ0) is 19.2. The maximum absolute atomic E-state index is 12.2. The van der Waals surface area contributed by atoms with Crippen LogP contribution in [0.25, 0.3) is 0 Å². The summed E-state index contributed by atoms with van der Waals surface area (Å²) < 4.78 is 5.78. The van der Waals surface area contributed by atoms with Crippen LogP contribution in [0, 0.1) is 13.8 Å². The SMILES string of the molecule is Cc1ccc(CNC(=O)Nc2cc(Oc3ccccc3)ccc2N)cc1C. The maximum Gasteiger partial charge on any atom is 0.319 e. The molecule has 3 rings (SSSR count). The Morgan fingerprint density at radius 3 is 2.44 bits per heavy atom. The molecule has 0 atom stereocenters. The number of nitrogens with one attached hydrogen (secondary N) is 2. The molecule has 0 saturated carbocycles. The molecule has 0 unspecified atom stereocenters. The number of carbonyl (C=O) groups excluding carboxylic acids is 1. The summed E-state index contributed by atoms with van der Waals surface area (Å²) in [7, 11) is 0. The fourth-order valence-electron chi connectivity index (χ4n) is 2.59. The summed E-state index contributed by atoms with van der Waals surface area (Å²) in [5.41, 5.74) is 10.4. The van der Waals surface area contributed by atoms with Gasteiger partial charge in [-0.25, -0.2) is 4.79 Å². The number of aryl methyl sites for hydroxylation is 2. The molecule has 27 heavy (non-hydrogen) atoms. The van der Waals surface area contributed by atoms with Crippen LogP contribution in [0.15, 0.2) is 66.7 Å². The Labute approximate surface area is 159 Å². The second-order valence-corrected chi connectivity index (χ2v) is 6.39. The summed E-state index contributed by atoms with van der Waals surface area (Å²) in [6.07, 6.45) is 0. The number of urea groups is 1. The lowest BCUT2D eigenvalue weighted by Crippen LogP contribution is -2.28. The van der Waals surface area contributed by atoms with Crippen molar-refractivity contribution in [1.29, 1.82) is 0 Å². The van der Waals surface area contributed by atoms with Gasteiger partial charge in [-0.2, -0.15) is 0 Å². The average molecular weight is 361 g/mol. The fourth-order valence-corrected chi connectivity index (χ4v) is 2.59. The first-order valence-corrected chi connectivity index (χ1v) is 8.74. The van der Waals surface area contributed by atoms with Gasteiger partial charge >= 0.3 is 6.03 Å². The average Bonchev–Trinajstić information content (AvgIpc) is 2.66. The van der Waals surface area contributed by atoms with Crippen LogP contribution in [-0.2, 0) is 6.54 Å². The van der Waals surface area contributed by atoms with Gasteiger partial charge in [0.2, 0.25) is 0 Å². The van der Waals surface area contributed by atoms with E-state index in [1.807, 2.05) is 42.5 Å². The van der Waals surface area contributed by atoms with Crippen LogP contribution in [0.5, 0.6) is 11.5 Å².